The van der Waals surface area contributed by atoms with Gasteiger partial charge < -0.3 is 16.4 Å². The predicted octanol–water partition coefficient (Wildman–Crippen LogP) is 1.60. The Labute approximate surface area is 107 Å². The lowest BCUT2D eigenvalue weighted by molar-refractivity contribution is 0.100. The number of fused-ring (bicyclic) bond motifs is 1. The zero-order valence-corrected chi connectivity index (χ0v) is 10.4. The third-order valence-electron chi connectivity index (χ3n) is 4.39. The zero-order valence-electron chi connectivity index (χ0n) is 10.4. The molecule has 1 saturated heterocycles. The first-order valence-electron chi connectivity index (χ1n) is 6.59. The van der Waals surface area contributed by atoms with Gasteiger partial charge in [-0.05, 0) is 42.9 Å². The van der Waals surface area contributed by atoms with Crippen molar-refractivity contribution < 1.29 is 4.79 Å². The van der Waals surface area contributed by atoms with Gasteiger partial charge >= 0.3 is 0 Å². The van der Waals surface area contributed by atoms with Crippen molar-refractivity contribution in [2.45, 2.75) is 19.3 Å². The van der Waals surface area contributed by atoms with Gasteiger partial charge in [0.15, 0.2) is 0 Å². The second kappa shape index (κ2) is 4.19. The Kier molecular flexibility index (Phi) is 2.65. The number of benzene rings is 1. The molecule has 0 aromatic heterocycles. The summed E-state index contributed by atoms with van der Waals surface area (Å²) in [5.41, 5.74) is 13.1. The van der Waals surface area contributed by atoms with Gasteiger partial charge in [-0.25, -0.2) is 0 Å². The predicted molar refractivity (Wildman–Crippen MR) is 72.4 cm³/mol. The van der Waals surface area contributed by atoms with E-state index in [1.807, 2.05) is 12.1 Å². The lowest BCUT2D eigenvalue weighted by Crippen LogP contribution is -2.22. The van der Waals surface area contributed by atoms with Gasteiger partial charge in [-0.1, -0.05) is 6.42 Å². The van der Waals surface area contributed by atoms with Gasteiger partial charge in [0.2, 0.25) is 0 Å². The summed E-state index contributed by atoms with van der Waals surface area (Å²) in [4.78, 5) is 13.7. The summed E-state index contributed by atoms with van der Waals surface area (Å²) < 4.78 is 0. The molecule has 2 unspecified atom stereocenters. The summed E-state index contributed by atoms with van der Waals surface area (Å²) in [6.07, 6.45) is 4.06. The fourth-order valence-corrected chi connectivity index (χ4v) is 3.40. The van der Waals surface area contributed by atoms with Crippen LogP contribution in [0.2, 0.25) is 0 Å². The molecule has 4 N–H and O–H groups in total. The van der Waals surface area contributed by atoms with E-state index in [0.29, 0.717) is 11.3 Å². The quantitative estimate of drug-likeness (QED) is 0.777. The summed E-state index contributed by atoms with van der Waals surface area (Å²) in [6, 6.07) is 5.60. The van der Waals surface area contributed by atoms with E-state index in [2.05, 4.69) is 4.90 Å². The maximum absolute atomic E-state index is 11.3. The number of rotatable bonds is 2. The van der Waals surface area contributed by atoms with E-state index in [-0.39, 0.29) is 0 Å². The molecule has 3 rings (SSSR count). The topological polar surface area (TPSA) is 72.4 Å². The van der Waals surface area contributed by atoms with Gasteiger partial charge in [0.05, 0.1) is 5.56 Å². The number of carbonyl (C=O) groups is 1. The second-order valence-electron chi connectivity index (χ2n) is 5.49. The van der Waals surface area contributed by atoms with Crippen molar-refractivity contribution in [3.05, 3.63) is 23.8 Å². The molecule has 1 aliphatic heterocycles. The van der Waals surface area contributed by atoms with Crippen LogP contribution in [-0.4, -0.2) is 19.0 Å². The van der Waals surface area contributed by atoms with Crippen LogP contribution in [0.25, 0.3) is 0 Å². The largest absolute Gasteiger partial charge is 0.398 e. The molecule has 1 saturated carbocycles. The van der Waals surface area contributed by atoms with Crippen LogP contribution in [0.4, 0.5) is 11.4 Å². The fourth-order valence-electron chi connectivity index (χ4n) is 3.40. The highest BCUT2D eigenvalue weighted by Crippen LogP contribution is 2.39. The third kappa shape index (κ3) is 1.82. The molecule has 1 aromatic carbocycles. The molecule has 0 radical (unpaired) electrons. The van der Waals surface area contributed by atoms with Crippen molar-refractivity contribution in [1.29, 1.82) is 0 Å². The highest BCUT2D eigenvalue weighted by atomic mass is 16.1. The molecule has 4 heteroatoms. The van der Waals surface area contributed by atoms with Crippen LogP contribution in [0, 0.1) is 11.8 Å². The first kappa shape index (κ1) is 11.4. The average molecular weight is 245 g/mol. The normalized spacial score (nSPS) is 26.3. The Balaban J connectivity index is 1.85. The molecule has 96 valence electrons. The zero-order chi connectivity index (χ0) is 12.7. The van der Waals surface area contributed by atoms with Crippen molar-refractivity contribution in [2.24, 2.45) is 17.6 Å². The minimum atomic E-state index is -0.450. The first-order chi connectivity index (χ1) is 8.65. The van der Waals surface area contributed by atoms with Gasteiger partial charge in [-0.3, -0.25) is 4.79 Å². The number of nitrogens with two attached hydrogens (primary N) is 2. The van der Waals surface area contributed by atoms with Gasteiger partial charge in [0, 0.05) is 24.5 Å². The Morgan fingerprint density at radius 2 is 1.89 bits per heavy atom. The highest BCUT2D eigenvalue weighted by Gasteiger charge is 2.36. The molecule has 2 atom stereocenters. The van der Waals surface area contributed by atoms with Crippen molar-refractivity contribution in [2.75, 3.05) is 23.7 Å². The van der Waals surface area contributed by atoms with E-state index in [1.165, 1.54) is 19.3 Å². The lowest BCUT2D eigenvalue weighted by Gasteiger charge is -2.20. The summed E-state index contributed by atoms with van der Waals surface area (Å²) in [5, 5.41) is 0. The molecular formula is C14H19N3O. The van der Waals surface area contributed by atoms with Gasteiger partial charge in [-0.2, -0.15) is 0 Å². The van der Waals surface area contributed by atoms with Crippen LogP contribution < -0.4 is 16.4 Å². The molecule has 1 aromatic rings. The third-order valence-corrected chi connectivity index (χ3v) is 4.39. The molecule has 1 heterocycles. The Bertz CT molecular complexity index is 474. The van der Waals surface area contributed by atoms with Crippen molar-refractivity contribution in [3.8, 4) is 0 Å². The van der Waals surface area contributed by atoms with E-state index in [9.17, 15) is 4.79 Å². The molecule has 1 amide bonds. The van der Waals surface area contributed by atoms with Gasteiger partial charge in [0.1, 0.15) is 0 Å². The van der Waals surface area contributed by atoms with E-state index >= 15 is 0 Å². The monoisotopic (exact) mass is 245 g/mol. The fraction of sp³-hybridized carbons (Fsp3) is 0.500. The minimum Gasteiger partial charge on any atom is -0.398 e. The van der Waals surface area contributed by atoms with Crippen LogP contribution in [0.15, 0.2) is 18.2 Å². The number of hydrogen-bond acceptors (Lipinski definition) is 3. The van der Waals surface area contributed by atoms with Crippen LogP contribution in [-0.2, 0) is 0 Å². The lowest BCUT2D eigenvalue weighted by atomic mass is 10.0. The molecule has 2 aliphatic rings. The Morgan fingerprint density at radius 1 is 1.22 bits per heavy atom. The molecule has 2 fully saturated rings. The molecule has 18 heavy (non-hydrogen) atoms. The standard InChI is InChI=1S/C14H19N3O/c15-13-5-4-11(6-12(13)14(16)18)17-7-9-2-1-3-10(9)8-17/h4-6,9-10H,1-3,7-8,15H2,(H2,16,18). The van der Waals surface area contributed by atoms with Crippen molar-refractivity contribution in [3.63, 3.8) is 0 Å². The summed E-state index contributed by atoms with van der Waals surface area (Å²) in [7, 11) is 0. The van der Waals surface area contributed by atoms with E-state index in [1.54, 1.807) is 6.07 Å². The smallest absolute Gasteiger partial charge is 0.250 e. The first-order valence-corrected chi connectivity index (χ1v) is 6.59. The average Bonchev–Trinajstić information content (AvgIpc) is 2.89. The van der Waals surface area contributed by atoms with Gasteiger partial charge in [0.25, 0.3) is 5.91 Å². The van der Waals surface area contributed by atoms with Crippen LogP contribution >= 0.6 is 0 Å². The van der Waals surface area contributed by atoms with Crippen molar-refractivity contribution >= 4 is 17.3 Å². The molecule has 1 aliphatic carbocycles. The summed E-state index contributed by atoms with van der Waals surface area (Å²) in [5.74, 6) is 1.22. The SMILES string of the molecule is NC(=O)c1cc(N2CC3CCCC3C2)ccc1N. The molecule has 0 spiro atoms. The van der Waals surface area contributed by atoms with Gasteiger partial charge in [-0.15, -0.1) is 0 Å². The van der Waals surface area contributed by atoms with E-state index in [0.717, 1.165) is 30.6 Å². The highest BCUT2D eigenvalue weighted by molar-refractivity contribution is 5.99. The van der Waals surface area contributed by atoms with Crippen LogP contribution in [0.3, 0.4) is 0 Å². The number of carbonyl (C=O) groups excluding carboxylic acids is 1. The number of amides is 1. The number of primary amides is 1. The number of hydrogen-bond donors (Lipinski definition) is 2. The number of nitrogen functional groups attached to an aromatic ring is 1. The number of anilines is 2. The molecular weight excluding hydrogens is 226 g/mol. The second-order valence-corrected chi connectivity index (χ2v) is 5.49. The maximum Gasteiger partial charge on any atom is 0.250 e. The van der Waals surface area contributed by atoms with Crippen LogP contribution in [0.1, 0.15) is 29.6 Å². The maximum atomic E-state index is 11.3. The van der Waals surface area contributed by atoms with E-state index in [4.69, 9.17) is 11.5 Å². The Morgan fingerprint density at radius 3 is 2.50 bits per heavy atom. The molecule has 0 bridgehead atoms. The van der Waals surface area contributed by atoms with Crippen LogP contribution in [0.5, 0.6) is 0 Å². The number of nitrogens with zero attached hydrogens (tertiary/aromatic N) is 1. The summed E-state index contributed by atoms with van der Waals surface area (Å²) in [6.45, 7) is 2.21. The minimum absolute atomic E-state index is 0.435. The van der Waals surface area contributed by atoms with Crippen molar-refractivity contribution in [1.82, 2.24) is 0 Å². The molecule has 4 nitrogen and oxygen atoms in total. The Hall–Kier alpha value is -1.71. The summed E-state index contributed by atoms with van der Waals surface area (Å²) >= 11 is 0. The van der Waals surface area contributed by atoms with E-state index < -0.39 is 5.91 Å².